The number of fused-ring (bicyclic) bond motifs is 1. The van der Waals surface area contributed by atoms with Crippen LogP contribution in [0.25, 0.3) is 11.3 Å². The van der Waals surface area contributed by atoms with Gasteiger partial charge in [-0.1, -0.05) is 0 Å². The maximum Gasteiger partial charge on any atom is 0.255 e. The van der Waals surface area contributed by atoms with Crippen LogP contribution in [0, 0.1) is 5.92 Å². The van der Waals surface area contributed by atoms with Crippen LogP contribution in [0.15, 0.2) is 24.4 Å². The molecule has 4 rings (SSSR count). The number of benzene rings is 1. The van der Waals surface area contributed by atoms with E-state index in [4.69, 9.17) is 9.47 Å². The third kappa shape index (κ3) is 3.34. The molecule has 1 aromatic carbocycles. The van der Waals surface area contributed by atoms with Gasteiger partial charge in [0.1, 0.15) is 5.69 Å². The molecule has 1 amide bonds. The Morgan fingerprint density at radius 1 is 1.28 bits per heavy atom. The van der Waals surface area contributed by atoms with Gasteiger partial charge in [0.2, 0.25) is 0 Å². The van der Waals surface area contributed by atoms with E-state index >= 15 is 0 Å². The minimum absolute atomic E-state index is 0.0744. The van der Waals surface area contributed by atoms with Gasteiger partial charge in [-0.25, -0.2) is 0 Å². The molecule has 25 heavy (non-hydrogen) atoms. The molecule has 1 fully saturated rings. The zero-order valence-corrected chi connectivity index (χ0v) is 14.6. The van der Waals surface area contributed by atoms with Crippen LogP contribution in [0.5, 0.6) is 11.5 Å². The van der Waals surface area contributed by atoms with Gasteiger partial charge in [-0.3, -0.25) is 9.48 Å². The highest BCUT2D eigenvalue weighted by molar-refractivity contribution is 6.00. The minimum atomic E-state index is -0.0744. The Labute approximate surface area is 147 Å². The maximum atomic E-state index is 12.7. The molecule has 1 aliphatic carbocycles. The lowest BCUT2D eigenvalue weighted by Gasteiger charge is -2.13. The van der Waals surface area contributed by atoms with E-state index in [-0.39, 0.29) is 11.9 Å². The van der Waals surface area contributed by atoms with Crippen molar-refractivity contribution >= 4 is 5.91 Å². The summed E-state index contributed by atoms with van der Waals surface area (Å²) in [6.45, 7) is 3.35. The second-order valence-corrected chi connectivity index (χ2v) is 6.88. The lowest BCUT2D eigenvalue weighted by atomic mass is 10.1. The van der Waals surface area contributed by atoms with Gasteiger partial charge in [-0.05, 0) is 43.9 Å². The van der Waals surface area contributed by atoms with Gasteiger partial charge in [0.05, 0.1) is 18.8 Å². The summed E-state index contributed by atoms with van der Waals surface area (Å²) in [5.74, 6) is 1.99. The van der Waals surface area contributed by atoms with Gasteiger partial charge in [0.15, 0.2) is 11.5 Å². The van der Waals surface area contributed by atoms with E-state index in [9.17, 15) is 4.79 Å². The molecule has 132 valence electrons. The number of nitrogens with zero attached hydrogens (tertiary/aromatic N) is 2. The highest BCUT2D eigenvalue weighted by Gasteiger charge is 2.30. The van der Waals surface area contributed by atoms with E-state index in [1.54, 1.807) is 10.9 Å². The lowest BCUT2D eigenvalue weighted by Crippen LogP contribution is -2.34. The molecule has 1 aliphatic heterocycles. The van der Waals surface area contributed by atoms with Gasteiger partial charge in [-0.2, -0.15) is 5.10 Å². The number of aromatic nitrogens is 2. The Morgan fingerprint density at radius 3 is 2.80 bits per heavy atom. The first kappa shape index (κ1) is 16.0. The van der Waals surface area contributed by atoms with Crippen LogP contribution in [0.1, 0.15) is 36.5 Å². The Morgan fingerprint density at radius 2 is 2.04 bits per heavy atom. The van der Waals surface area contributed by atoms with Crippen molar-refractivity contribution in [3.05, 3.63) is 30.0 Å². The quantitative estimate of drug-likeness (QED) is 0.929. The first-order valence-corrected chi connectivity index (χ1v) is 8.86. The van der Waals surface area contributed by atoms with Crippen molar-refractivity contribution in [3.8, 4) is 22.8 Å². The lowest BCUT2D eigenvalue weighted by molar-refractivity contribution is 0.0936. The highest BCUT2D eigenvalue weighted by atomic mass is 16.5. The summed E-state index contributed by atoms with van der Waals surface area (Å²) in [7, 11) is 1.83. The van der Waals surface area contributed by atoms with E-state index in [0.29, 0.717) is 36.1 Å². The number of rotatable bonds is 4. The first-order chi connectivity index (χ1) is 12.1. The number of aryl methyl sites for hydroxylation is 1. The summed E-state index contributed by atoms with van der Waals surface area (Å²) in [4.78, 5) is 12.7. The average Bonchev–Trinajstić information content (AvgIpc) is 3.40. The van der Waals surface area contributed by atoms with Crippen LogP contribution in [-0.2, 0) is 7.05 Å². The SMILES string of the molecule is C[C@@H](NC(=O)c1cn(C)nc1-c1ccc2c(c1)OCCCO2)C1CC1. The van der Waals surface area contributed by atoms with Gasteiger partial charge < -0.3 is 14.8 Å². The van der Waals surface area contributed by atoms with Gasteiger partial charge in [-0.15, -0.1) is 0 Å². The molecular formula is C19H23N3O3. The fourth-order valence-electron chi connectivity index (χ4n) is 3.18. The number of amides is 1. The molecule has 0 unspecified atom stereocenters. The molecule has 6 nitrogen and oxygen atoms in total. The molecule has 2 aliphatic rings. The van der Waals surface area contributed by atoms with Crippen LogP contribution >= 0.6 is 0 Å². The molecule has 1 saturated carbocycles. The number of ether oxygens (including phenoxy) is 2. The second-order valence-electron chi connectivity index (χ2n) is 6.88. The summed E-state index contributed by atoms with van der Waals surface area (Å²) in [5, 5.41) is 7.61. The molecule has 1 N–H and O–H groups in total. The zero-order valence-electron chi connectivity index (χ0n) is 14.6. The monoisotopic (exact) mass is 341 g/mol. The number of hydrogen-bond donors (Lipinski definition) is 1. The summed E-state index contributed by atoms with van der Waals surface area (Å²) < 4.78 is 13.1. The van der Waals surface area contributed by atoms with E-state index in [1.807, 2.05) is 25.2 Å². The number of carbonyl (C=O) groups is 1. The molecule has 2 aromatic rings. The predicted octanol–water partition coefficient (Wildman–Crippen LogP) is 2.78. The fourth-order valence-corrected chi connectivity index (χ4v) is 3.18. The molecule has 1 atom stereocenters. The van der Waals surface area contributed by atoms with E-state index in [2.05, 4.69) is 17.3 Å². The zero-order chi connectivity index (χ0) is 17.4. The molecule has 0 bridgehead atoms. The average molecular weight is 341 g/mol. The van der Waals surface area contributed by atoms with Crippen molar-refractivity contribution in [2.45, 2.75) is 32.2 Å². The van der Waals surface area contributed by atoms with Crippen molar-refractivity contribution in [1.82, 2.24) is 15.1 Å². The van der Waals surface area contributed by atoms with Crippen molar-refractivity contribution < 1.29 is 14.3 Å². The molecule has 0 radical (unpaired) electrons. The van der Waals surface area contributed by atoms with Crippen LogP contribution in [0.2, 0.25) is 0 Å². The van der Waals surface area contributed by atoms with Crippen LogP contribution < -0.4 is 14.8 Å². The van der Waals surface area contributed by atoms with Crippen molar-refractivity contribution in [2.75, 3.05) is 13.2 Å². The summed E-state index contributed by atoms with van der Waals surface area (Å²) in [6.07, 6.45) is 5.03. The second kappa shape index (κ2) is 6.43. The fraction of sp³-hybridized carbons (Fsp3) is 0.474. The molecule has 0 saturated heterocycles. The Kier molecular flexibility index (Phi) is 4.11. The third-order valence-corrected chi connectivity index (χ3v) is 4.78. The summed E-state index contributed by atoms with van der Waals surface area (Å²) >= 11 is 0. The maximum absolute atomic E-state index is 12.7. The number of carbonyl (C=O) groups excluding carboxylic acids is 1. The molecule has 1 aromatic heterocycles. The van der Waals surface area contributed by atoms with E-state index in [0.717, 1.165) is 17.7 Å². The molecule has 6 heteroatoms. The summed E-state index contributed by atoms with van der Waals surface area (Å²) in [6, 6.07) is 5.92. The van der Waals surface area contributed by atoms with Gasteiger partial charge in [0.25, 0.3) is 5.91 Å². The smallest absolute Gasteiger partial charge is 0.255 e. The Balaban J connectivity index is 1.64. The van der Waals surface area contributed by atoms with Crippen molar-refractivity contribution in [3.63, 3.8) is 0 Å². The van der Waals surface area contributed by atoms with Crippen molar-refractivity contribution in [2.24, 2.45) is 13.0 Å². The van der Waals surface area contributed by atoms with Crippen LogP contribution in [-0.4, -0.2) is 34.9 Å². The van der Waals surface area contributed by atoms with Crippen molar-refractivity contribution in [1.29, 1.82) is 0 Å². The standard InChI is InChI=1S/C19H23N3O3/c1-12(13-4-5-13)20-19(23)15-11-22(2)21-18(15)14-6-7-16-17(10-14)25-9-3-8-24-16/h6-7,10-13H,3-5,8-9H2,1-2H3,(H,20,23)/t12-/m1/s1. The molecular weight excluding hydrogens is 318 g/mol. The van der Waals surface area contributed by atoms with Crippen LogP contribution in [0.3, 0.4) is 0 Å². The predicted molar refractivity (Wildman–Crippen MR) is 93.9 cm³/mol. The topological polar surface area (TPSA) is 65.4 Å². The minimum Gasteiger partial charge on any atom is -0.490 e. The third-order valence-electron chi connectivity index (χ3n) is 4.78. The largest absolute Gasteiger partial charge is 0.490 e. The van der Waals surface area contributed by atoms with Crippen LogP contribution in [0.4, 0.5) is 0 Å². The summed E-state index contributed by atoms with van der Waals surface area (Å²) in [5.41, 5.74) is 2.11. The van der Waals surface area contributed by atoms with E-state index < -0.39 is 0 Å². The number of hydrogen-bond acceptors (Lipinski definition) is 4. The normalized spacial score (nSPS) is 17.7. The number of nitrogens with one attached hydrogen (secondary N) is 1. The van der Waals surface area contributed by atoms with Gasteiger partial charge >= 0.3 is 0 Å². The van der Waals surface area contributed by atoms with Gasteiger partial charge in [0, 0.05) is 31.3 Å². The highest BCUT2D eigenvalue weighted by Crippen LogP contribution is 2.35. The Bertz CT molecular complexity index is 795. The van der Waals surface area contributed by atoms with E-state index in [1.165, 1.54) is 12.8 Å². The molecule has 2 heterocycles. The first-order valence-electron chi connectivity index (χ1n) is 8.86. The Hall–Kier alpha value is -2.50. The molecule has 0 spiro atoms.